The molecule has 3 aromatic rings. The molecule has 0 bridgehead atoms. The van der Waals surface area contributed by atoms with Gasteiger partial charge in [-0.05, 0) is 37.0 Å². The van der Waals surface area contributed by atoms with Gasteiger partial charge < -0.3 is 18.8 Å². The summed E-state index contributed by atoms with van der Waals surface area (Å²) >= 11 is 0. The average Bonchev–Trinajstić information content (AvgIpc) is 3.11. The first kappa shape index (κ1) is 16.8. The molecule has 2 heterocycles. The van der Waals surface area contributed by atoms with Crippen molar-refractivity contribution < 1.29 is 13.9 Å². The molecule has 26 heavy (non-hydrogen) atoms. The van der Waals surface area contributed by atoms with Gasteiger partial charge in [0.15, 0.2) is 5.58 Å². The summed E-state index contributed by atoms with van der Waals surface area (Å²) in [6.45, 7) is 3.18. The molecule has 136 valence electrons. The second kappa shape index (κ2) is 6.90. The number of oxazole rings is 1. The molecule has 1 aromatic heterocycles. The molecule has 1 fully saturated rings. The topological polar surface area (TPSA) is 47.7 Å². The average molecular weight is 352 g/mol. The van der Waals surface area contributed by atoms with Gasteiger partial charge in [0.05, 0.1) is 20.3 Å². The van der Waals surface area contributed by atoms with Crippen molar-refractivity contribution in [1.82, 2.24) is 4.98 Å². The van der Waals surface area contributed by atoms with E-state index in [0.29, 0.717) is 11.9 Å². The van der Waals surface area contributed by atoms with E-state index in [1.54, 1.807) is 14.2 Å². The van der Waals surface area contributed by atoms with Gasteiger partial charge in [0.1, 0.15) is 17.0 Å². The number of fused-ring (bicyclic) bond motifs is 1. The van der Waals surface area contributed by atoms with E-state index in [-0.39, 0.29) is 6.04 Å². The van der Waals surface area contributed by atoms with Crippen LogP contribution >= 0.6 is 0 Å². The Morgan fingerprint density at radius 3 is 2.73 bits per heavy atom. The number of methoxy groups -OCH3 is 2. The molecule has 0 aliphatic carbocycles. The largest absolute Gasteiger partial charge is 0.497 e. The Hall–Kier alpha value is -2.69. The second-order valence-electron chi connectivity index (χ2n) is 6.92. The highest BCUT2D eigenvalue weighted by molar-refractivity contribution is 5.76. The Morgan fingerprint density at radius 2 is 1.92 bits per heavy atom. The Morgan fingerprint density at radius 1 is 1.08 bits per heavy atom. The van der Waals surface area contributed by atoms with Crippen molar-refractivity contribution in [3.63, 3.8) is 0 Å². The molecule has 0 N–H and O–H groups in total. The van der Waals surface area contributed by atoms with Gasteiger partial charge in [-0.3, -0.25) is 0 Å². The number of anilines is 1. The standard InChI is InChI=1S/C21H24N2O3/c1-14-8-10-18(16-6-4-5-7-19(16)25-3)23(13-14)21-22-17-12-15(24-2)9-11-20(17)26-21/h4-7,9,11-12,14,18H,8,10,13H2,1-3H3. The predicted octanol–water partition coefficient (Wildman–Crippen LogP) is 4.82. The first-order valence-electron chi connectivity index (χ1n) is 9.03. The van der Waals surface area contributed by atoms with Crippen LogP contribution in [0.25, 0.3) is 11.1 Å². The van der Waals surface area contributed by atoms with Gasteiger partial charge in [-0.15, -0.1) is 0 Å². The van der Waals surface area contributed by atoms with Crippen LogP contribution in [0, 0.1) is 5.92 Å². The number of rotatable bonds is 4. The lowest BCUT2D eigenvalue weighted by Crippen LogP contribution is -2.37. The monoisotopic (exact) mass is 352 g/mol. The molecule has 5 heteroatoms. The highest BCUT2D eigenvalue weighted by Gasteiger charge is 2.32. The zero-order valence-corrected chi connectivity index (χ0v) is 15.4. The van der Waals surface area contributed by atoms with Gasteiger partial charge in [-0.2, -0.15) is 4.98 Å². The minimum absolute atomic E-state index is 0.192. The third kappa shape index (κ3) is 2.98. The predicted molar refractivity (Wildman–Crippen MR) is 102 cm³/mol. The van der Waals surface area contributed by atoms with Crippen LogP contribution in [0.4, 0.5) is 6.01 Å². The summed E-state index contributed by atoms with van der Waals surface area (Å²) in [4.78, 5) is 7.03. The van der Waals surface area contributed by atoms with Crippen LogP contribution in [0.1, 0.15) is 31.4 Å². The molecular formula is C21H24N2O3. The maximum atomic E-state index is 6.10. The van der Waals surface area contributed by atoms with Crippen molar-refractivity contribution in [3.8, 4) is 11.5 Å². The summed E-state index contributed by atoms with van der Waals surface area (Å²) in [6, 6.07) is 14.8. The van der Waals surface area contributed by atoms with Crippen molar-refractivity contribution in [1.29, 1.82) is 0 Å². The summed E-state index contributed by atoms with van der Waals surface area (Å²) in [7, 11) is 3.38. The molecule has 0 saturated carbocycles. The number of piperidine rings is 1. The molecule has 2 atom stereocenters. The van der Waals surface area contributed by atoms with Crippen LogP contribution in [-0.4, -0.2) is 25.7 Å². The number of aromatic nitrogens is 1. The third-order valence-corrected chi connectivity index (χ3v) is 5.14. The van der Waals surface area contributed by atoms with Gasteiger partial charge in [-0.1, -0.05) is 25.1 Å². The number of benzene rings is 2. The smallest absolute Gasteiger partial charge is 0.298 e. The summed E-state index contributed by atoms with van der Waals surface area (Å²) in [5, 5.41) is 0. The highest BCUT2D eigenvalue weighted by atomic mass is 16.5. The molecule has 0 amide bonds. The maximum Gasteiger partial charge on any atom is 0.298 e. The fraction of sp³-hybridized carbons (Fsp3) is 0.381. The Labute approximate surface area is 153 Å². The van der Waals surface area contributed by atoms with Crippen LogP contribution in [0.2, 0.25) is 0 Å². The second-order valence-corrected chi connectivity index (χ2v) is 6.92. The van der Waals surface area contributed by atoms with E-state index in [0.717, 1.165) is 35.6 Å². The molecule has 1 aliphatic heterocycles. The van der Waals surface area contributed by atoms with Crippen molar-refractivity contribution in [2.75, 3.05) is 25.7 Å². The molecule has 0 spiro atoms. The Bertz CT molecular complexity index is 905. The van der Waals surface area contributed by atoms with Crippen molar-refractivity contribution in [2.24, 2.45) is 5.92 Å². The molecular weight excluding hydrogens is 328 g/mol. The van der Waals surface area contributed by atoms with E-state index in [1.807, 2.05) is 30.3 Å². The molecule has 1 aliphatic rings. The maximum absolute atomic E-state index is 6.10. The molecule has 1 saturated heterocycles. The number of ether oxygens (including phenoxy) is 2. The molecule has 2 aromatic carbocycles. The highest BCUT2D eigenvalue weighted by Crippen LogP contribution is 2.40. The van der Waals surface area contributed by atoms with Crippen LogP contribution in [0.15, 0.2) is 46.9 Å². The zero-order chi connectivity index (χ0) is 18.1. The number of nitrogens with zero attached hydrogens (tertiary/aromatic N) is 2. The van der Waals surface area contributed by atoms with Gasteiger partial charge in [0, 0.05) is 18.2 Å². The van der Waals surface area contributed by atoms with Crippen LogP contribution in [0.5, 0.6) is 11.5 Å². The first-order chi connectivity index (χ1) is 12.7. The number of hydrogen-bond donors (Lipinski definition) is 0. The molecule has 2 unspecified atom stereocenters. The van der Waals surface area contributed by atoms with Crippen LogP contribution in [-0.2, 0) is 0 Å². The van der Waals surface area contributed by atoms with E-state index in [9.17, 15) is 0 Å². The van der Waals surface area contributed by atoms with Crippen LogP contribution < -0.4 is 14.4 Å². The van der Waals surface area contributed by atoms with E-state index in [1.165, 1.54) is 12.0 Å². The summed E-state index contributed by atoms with van der Waals surface area (Å²) in [6.07, 6.45) is 2.22. The summed E-state index contributed by atoms with van der Waals surface area (Å²) in [5.74, 6) is 2.28. The third-order valence-electron chi connectivity index (χ3n) is 5.14. The van der Waals surface area contributed by atoms with Crippen molar-refractivity contribution in [3.05, 3.63) is 48.0 Å². The minimum Gasteiger partial charge on any atom is -0.497 e. The number of para-hydroxylation sites is 1. The van der Waals surface area contributed by atoms with Gasteiger partial charge >= 0.3 is 0 Å². The quantitative estimate of drug-likeness (QED) is 0.673. The molecule has 0 radical (unpaired) electrons. The fourth-order valence-electron chi connectivity index (χ4n) is 3.77. The lowest BCUT2D eigenvalue weighted by Gasteiger charge is -2.38. The normalized spacial score (nSPS) is 20.3. The van der Waals surface area contributed by atoms with E-state index in [2.05, 4.69) is 24.0 Å². The van der Waals surface area contributed by atoms with Gasteiger partial charge in [-0.25, -0.2) is 0 Å². The van der Waals surface area contributed by atoms with Crippen LogP contribution in [0.3, 0.4) is 0 Å². The fourth-order valence-corrected chi connectivity index (χ4v) is 3.77. The number of hydrogen-bond acceptors (Lipinski definition) is 5. The first-order valence-corrected chi connectivity index (χ1v) is 9.03. The zero-order valence-electron chi connectivity index (χ0n) is 15.4. The molecule has 5 nitrogen and oxygen atoms in total. The Kier molecular flexibility index (Phi) is 4.45. The Balaban J connectivity index is 1.75. The summed E-state index contributed by atoms with van der Waals surface area (Å²) < 4.78 is 17.0. The molecule has 4 rings (SSSR count). The summed E-state index contributed by atoms with van der Waals surface area (Å²) in [5.41, 5.74) is 2.77. The lowest BCUT2D eigenvalue weighted by atomic mass is 9.90. The lowest BCUT2D eigenvalue weighted by molar-refractivity contribution is 0.346. The van der Waals surface area contributed by atoms with Gasteiger partial charge in [0.2, 0.25) is 0 Å². The van der Waals surface area contributed by atoms with Crippen molar-refractivity contribution in [2.45, 2.75) is 25.8 Å². The van der Waals surface area contributed by atoms with Crippen molar-refractivity contribution >= 4 is 17.1 Å². The minimum atomic E-state index is 0.192. The van der Waals surface area contributed by atoms with E-state index in [4.69, 9.17) is 18.9 Å². The van der Waals surface area contributed by atoms with E-state index < -0.39 is 0 Å². The van der Waals surface area contributed by atoms with Gasteiger partial charge in [0.25, 0.3) is 6.01 Å². The van der Waals surface area contributed by atoms with E-state index >= 15 is 0 Å². The SMILES string of the molecule is COc1ccc2oc(N3CC(C)CCC3c3ccccc3OC)nc2c1.